The summed E-state index contributed by atoms with van der Waals surface area (Å²) in [5, 5.41) is 1.04. The molecule has 2 aliphatic heterocycles. The zero-order valence-corrected chi connectivity index (χ0v) is 13.0. The Morgan fingerprint density at radius 3 is 2.87 bits per heavy atom. The van der Waals surface area contributed by atoms with E-state index in [-0.39, 0.29) is 12.0 Å². The fourth-order valence-electron chi connectivity index (χ4n) is 3.33. The summed E-state index contributed by atoms with van der Waals surface area (Å²) in [5.74, 6) is 0.161. The van der Waals surface area contributed by atoms with Gasteiger partial charge in [0.1, 0.15) is 12.4 Å². The van der Waals surface area contributed by atoms with Gasteiger partial charge in [0.15, 0.2) is 0 Å². The topological polar surface area (TPSA) is 58.6 Å². The molecule has 1 atom stereocenters. The molecule has 0 bridgehead atoms. The number of amides is 1. The highest BCUT2D eigenvalue weighted by Gasteiger charge is 2.30. The second-order valence-electron chi connectivity index (χ2n) is 6.08. The summed E-state index contributed by atoms with van der Waals surface area (Å²) >= 11 is 0. The average molecular weight is 312 g/mol. The minimum absolute atomic E-state index is 0.161. The van der Waals surface area contributed by atoms with E-state index < -0.39 is 0 Å². The van der Waals surface area contributed by atoms with Crippen LogP contribution in [0.25, 0.3) is 10.9 Å². The Hall–Kier alpha value is -2.21. The van der Waals surface area contributed by atoms with Gasteiger partial charge in [-0.1, -0.05) is 0 Å². The SMILES string of the molecule is O=C(C1CCCO1)N1CCN(c2ccc3ncncc3c2)CC1. The molecule has 0 aliphatic carbocycles. The summed E-state index contributed by atoms with van der Waals surface area (Å²) < 4.78 is 5.51. The van der Waals surface area contributed by atoms with E-state index >= 15 is 0 Å². The first-order valence-electron chi connectivity index (χ1n) is 8.16. The number of ether oxygens (including phenoxy) is 1. The highest BCUT2D eigenvalue weighted by molar-refractivity contribution is 5.83. The van der Waals surface area contributed by atoms with Crippen LogP contribution in [-0.4, -0.2) is 59.7 Å². The van der Waals surface area contributed by atoms with Crippen LogP contribution in [0.5, 0.6) is 0 Å². The Morgan fingerprint density at radius 1 is 1.22 bits per heavy atom. The quantitative estimate of drug-likeness (QED) is 0.840. The summed E-state index contributed by atoms with van der Waals surface area (Å²) in [6.45, 7) is 3.91. The second kappa shape index (κ2) is 6.12. The van der Waals surface area contributed by atoms with E-state index in [9.17, 15) is 4.79 Å². The lowest BCUT2D eigenvalue weighted by Crippen LogP contribution is -2.51. The molecule has 2 aromatic rings. The van der Waals surface area contributed by atoms with Crippen LogP contribution in [0.15, 0.2) is 30.7 Å². The molecule has 1 amide bonds. The van der Waals surface area contributed by atoms with Crippen molar-refractivity contribution in [2.45, 2.75) is 18.9 Å². The molecular weight excluding hydrogens is 292 g/mol. The van der Waals surface area contributed by atoms with Gasteiger partial charge in [0.25, 0.3) is 5.91 Å². The molecule has 2 fully saturated rings. The van der Waals surface area contributed by atoms with Crippen molar-refractivity contribution < 1.29 is 9.53 Å². The van der Waals surface area contributed by atoms with Gasteiger partial charge in [-0.15, -0.1) is 0 Å². The predicted octanol–water partition coefficient (Wildman–Crippen LogP) is 1.46. The summed E-state index contributed by atoms with van der Waals surface area (Å²) in [5.41, 5.74) is 2.12. The first-order chi connectivity index (χ1) is 11.3. The van der Waals surface area contributed by atoms with E-state index in [4.69, 9.17) is 4.74 Å². The van der Waals surface area contributed by atoms with Crippen molar-refractivity contribution in [1.82, 2.24) is 14.9 Å². The summed E-state index contributed by atoms with van der Waals surface area (Å²) in [7, 11) is 0. The molecule has 0 spiro atoms. The maximum Gasteiger partial charge on any atom is 0.251 e. The third-order valence-electron chi connectivity index (χ3n) is 4.65. The van der Waals surface area contributed by atoms with Crippen LogP contribution in [-0.2, 0) is 9.53 Å². The normalized spacial score (nSPS) is 21.8. The molecule has 120 valence electrons. The third kappa shape index (κ3) is 2.86. The van der Waals surface area contributed by atoms with E-state index in [1.54, 1.807) is 6.33 Å². The molecule has 2 aliphatic rings. The zero-order valence-electron chi connectivity index (χ0n) is 13.0. The maximum atomic E-state index is 12.4. The Kier molecular flexibility index (Phi) is 3.83. The van der Waals surface area contributed by atoms with Crippen LogP contribution in [0.4, 0.5) is 5.69 Å². The first-order valence-corrected chi connectivity index (χ1v) is 8.16. The molecule has 1 aromatic heterocycles. The number of benzene rings is 1. The standard InChI is InChI=1S/C17H20N4O2/c22-17(16-2-1-9-23-16)21-7-5-20(6-8-21)14-3-4-15-13(10-14)11-18-12-19-15/h3-4,10-12,16H,1-2,5-9H2. The first kappa shape index (κ1) is 14.4. The molecule has 0 radical (unpaired) electrons. The molecule has 23 heavy (non-hydrogen) atoms. The van der Waals surface area contributed by atoms with Crippen LogP contribution in [0.3, 0.4) is 0 Å². The number of anilines is 1. The number of piperazine rings is 1. The Bertz CT molecular complexity index is 707. The van der Waals surface area contributed by atoms with Gasteiger partial charge in [-0.25, -0.2) is 9.97 Å². The van der Waals surface area contributed by atoms with Crippen LogP contribution in [0.2, 0.25) is 0 Å². The molecular formula is C17H20N4O2. The zero-order chi connectivity index (χ0) is 15.6. The molecule has 2 saturated heterocycles. The number of hydrogen-bond acceptors (Lipinski definition) is 5. The molecule has 4 rings (SSSR count). The Morgan fingerprint density at radius 2 is 2.09 bits per heavy atom. The third-order valence-corrected chi connectivity index (χ3v) is 4.65. The van der Waals surface area contributed by atoms with Crippen LogP contribution >= 0.6 is 0 Å². The monoisotopic (exact) mass is 312 g/mol. The number of carbonyl (C=O) groups is 1. The summed E-state index contributed by atoms with van der Waals surface area (Å²) in [6.07, 6.45) is 5.05. The molecule has 0 saturated carbocycles. The van der Waals surface area contributed by atoms with E-state index in [0.717, 1.165) is 62.2 Å². The smallest absolute Gasteiger partial charge is 0.251 e. The number of hydrogen-bond donors (Lipinski definition) is 0. The minimum Gasteiger partial charge on any atom is -0.368 e. The van der Waals surface area contributed by atoms with Crippen molar-refractivity contribution >= 4 is 22.5 Å². The molecule has 6 heteroatoms. The maximum absolute atomic E-state index is 12.4. The number of nitrogens with zero attached hydrogens (tertiary/aromatic N) is 4. The minimum atomic E-state index is -0.209. The van der Waals surface area contributed by atoms with Gasteiger partial charge in [0.05, 0.1) is 5.52 Å². The predicted molar refractivity (Wildman–Crippen MR) is 87.3 cm³/mol. The van der Waals surface area contributed by atoms with E-state index in [2.05, 4.69) is 27.0 Å². The highest BCUT2D eigenvalue weighted by Crippen LogP contribution is 2.22. The van der Waals surface area contributed by atoms with Gasteiger partial charge in [-0.05, 0) is 31.0 Å². The lowest BCUT2D eigenvalue weighted by molar-refractivity contribution is -0.141. The van der Waals surface area contributed by atoms with Crippen molar-refractivity contribution in [3.05, 3.63) is 30.7 Å². The lowest BCUT2D eigenvalue weighted by atomic mass is 10.1. The Labute approximate surface area is 135 Å². The highest BCUT2D eigenvalue weighted by atomic mass is 16.5. The van der Waals surface area contributed by atoms with E-state index in [1.807, 2.05) is 17.2 Å². The average Bonchev–Trinajstić information content (AvgIpc) is 3.15. The van der Waals surface area contributed by atoms with Gasteiger partial charge >= 0.3 is 0 Å². The van der Waals surface area contributed by atoms with Crippen molar-refractivity contribution in [2.75, 3.05) is 37.7 Å². The van der Waals surface area contributed by atoms with Crippen LogP contribution in [0, 0.1) is 0 Å². The Balaban J connectivity index is 1.43. The molecule has 6 nitrogen and oxygen atoms in total. The van der Waals surface area contributed by atoms with Gasteiger partial charge in [-0.3, -0.25) is 4.79 Å². The van der Waals surface area contributed by atoms with Crippen molar-refractivity contribution in [3.63, 3.8) is 0 Å². The van der Waals surface area contributed by atoms with Crippen molar-refractivity contribution in [1.29, 1.82) is 0 Å². The van der Waals surface area contributed by atoms with Crippen molar-refractivity contribution in [3.8, 4) is 0 Å². The number of rotatable bonds is 2. The fourth-order valence-corrected chi connectivity index (χ4v) is 3.33. The van der Waals surface area contributed by atoms with Crippen molar-refractivity contribution in [2.24, 2.45) is 0 Å². The van der Waals surface area contributed by atoms with Gasteiger partial charge in [0, 0.05) is 50.1 Å². The fraction of sp³-hybridized carbons (Fsp3) is 0.471. The van der Waals surface area contributed by atoms with Crippen LogP contribution < -0.4 is 4.90 Å². The molecule has 0 N–H and O–H groups in total. The van der Waals surface area contributed by atoms with Crippen LogP contribution in [0.1, 0.15) is 12.8 Å². The number of aromatic nitrogens is 2. The number of carbonyl (C=O) groups excluding carboxylic acids is 1. The molecule has 3 heterocycles. The van der Waals surface area contributed by atoms with E-state index in [0.29, 0.717) is 0 Å². The lowest BCUT2D eigenvalue weighted by Gasteiger charge is -2.37. The van der Waals surface area contributed by atoms with E-state index in [1.165, 1.54) is 0 Å². The van der Waals surface area contributed by atoms with Gasteiger partial charge < -0.3 is 14.5 Å². The summed E-state index contributed by atoms with van der Waals surface area (Å²) in [4.78, 5) is 25.0. The van der Waals surface area contributed by atoms with Gasteiger partial charge in [-0.2, -0.15) is 0 Å². The number of fused-ring (bicyclic) bond motifs is 1. The largest absolute Gasteiger partial charge is 0.368 e. The summed E-state index contributed by atoms with van der Waals surface area (Å²) in [6, 6.07) is 6.23. The molecule has 1 unspecified atom stereocenters. The van der Waals surface area contributed by atoms with Gasteiger partial charge in [0.2, 0.25) is 0 Å². The molecule has 1 aromatic carbocycles. The second-order valence-corrected chi connectivity index (χ2v) is 6.08.